The minimum absolute atomic E-state index is 0.0311. The van der Waals surface area contributed by atoms with Crippen LogP contribution in [-0.4, -0.2) is 33.2 Å². The van der Waals surface area contributed by atoms with Crippen LogP contribution in [0.1, 0.15) is 94.4 Å². The zero-order valence-electron chi connectivity index (χ0n) is 18.3. The molecule has 0 aliphatic heterocycles. The molecule has 1 amide bonds. The lowest BCUT2D eigenvalue weighted by molar-refractivity contribution is 0.0913. The lowest BCUT2D eigenvalue weighted by atomic mass is 10.0. The number of aliphatic hydroxyl groups is 1. The second kappa shape index (κ2) is 10.2. The van der Waals surface area contributed by atoms with E-state index < -0.39 is 0 Å². The highest BCUT2D eigenvalue weighted by molar-refractivity contribution is 5.97. The van der Waals surface area contributed by atoms with Crippen LogP contribution in [0, 0.1) is 5.92 Å². The van der Waals surface area contributed by atoms with Crippen molar-refractivity contribution in [1.82, 2.24) is 14.9 Å². The van der Waals surface area contributed by atoms with Crippen LogP contribution in [0.4, 0.5) is 0 Å². The Hall–Kier alpha value is -1.88. The van der Waals surface area contributed by atoms with Crippen LogP contribution in [-0.2, 0) is 6.42 Å². The summed E-state index contributed by atoms with van der Waals surface area (Å²) in [5, 5.41) is 12.4. The maximum atomic E-state index is 12.7. The molecule has 0 saturated heterocycles. The highest BCUT2D eigenvalue weighted by Gasteiger charge is 2.23. The summed E-state index contributed by atoms with van der Waals surface area (Å²) in [7, 11) is 0. The average molecular weight is 400 g/mol. The average Bonchev–Trinajstić information content (AvgIpc) is 3.36. The van der Waals surface area contributed by atoms with Gasteiger partial charge in [-0.2, -0.15) is 0 Å². The number of benzene rings is 1. The van der Waals surface area contributed by atoms with E-state index in [0.29, 0.717) is 11.6 Å². The summed E-state index contributed by atoms with van der Waals surface area (Å²) >= 11 is 0. The predicted molar refractivity (Wildman–Crippen MR) is 118 cm³/mol. The fraction of sp³-hybridized carbons (Fsp3) is 0.667. The Morgan fingerprint density at radius 1 is 1.24 bits per heavy atom. The normalized spacial score (nSPS) is 16.0. The summed E-state index contributed by atoms with van der Waals surface area (Å²) in [5.74, 6) is 1.79. The molecule has 0 bridgehead atoms. The van der Waals surface area contributed by atoms with Crippen LogP contribution < -0.4 is 5.32 Å². The van der Waals surface area contributed by atoms with Gasteiger partial charge in [0.1, 0.15) is 5.82 Å². The molecule has 1 unspecified atom stereocenters. The molecular formula is C24H37N3O2. The van der Waals surface area contributed by atoms with Crippen LogP contribution in [0.3, 0.4) is 0 Å². The van der Waals surface area contributed by atoms with Gasteiger partial charge in [0.15, 0.2) is 0 Å². The van der Waals surface area contributed by atoms with Crippen molar-refractivity contribution in [2.75, 3.05) is 6.61 Å². The number of nitrogens with one attached hydrogen (secondary N) is 1. The highest BCUT2D eigenvalue weighted by atomic mass is 16.3. The Morgan fingerprint density at radius 2 is 1.97 bits per heavy atom. The molecule has 5 nitrogen and oxygen atoms in total. The molecule has 29 heavy (non-hydrogen) atoms. The van der Waals surface area contributed by atoms with Crippen LogP contribution in [0.5, 0.6) is 0 Å². The number of hydrogen-bond donors (Lipinski definition) is 2. The fourth-order valence-corrected chi connectivity index (χ4v) is 4.79. The third kappa shape index (κ3) is 5.00. The molecule has 0 radical (unpaired) electrons. The van der Waals surface area contributed by atoms with E-state index in [4.69, 9.17) is 4.98 Å². The number of rotatable bonds is 10. The van der Waals surface area contributed by atoms with Crippen molar-refractivity contribution < 1.29 is 9.90 Å². The van der Waals surface area contributed by atoms with Gasteiger partial charge < -0.3 is 15.0 Å². The molecular weight excluding hydrogens is 362 g/mol. The molecule has 3 rings (SSSR count). The van der Waals surface area contributed by atoms with Gasteiger partial charge in [-0.3, -0.25) is 4.79 Å². The minimum atomic E-state index is -0.191. The monoisotopic (exact) mass is 399 g/mol. The van der Waals surface area contributed by atoms with Crippen molar-refractivity contribution in [3.63, 3.8) is 0 Å². The van der Waals surface area contributed by atoms with E-state index in [9.17, 15) is 9.90 Å². The Kier molecular flexibility index (Phi) is 7.70. The van der Waals surface area contributed by atoms with Gasteiger partial charge in [-0.05, 0) is 43.4 Å². The van der Waals surface area contributed by atoms with E-state index in [1.807, 2.05) is 12.1 Å². The predicted octanol–water partition coefficient (Wildman–Crippen LogP) is 5.02. The lowest BCUT2D eigenvalue weighted by Gasteiger charge is -2.20. The Balaban J connectivity index is 1.92. The molecule has 0 spiro atoms. The smallest absolute Gasteiger partial charge is 0.251 e. The quantitative estimate of drug-likeness (QED) is 0.589. The minimum Gasteiger partial charge on any atom is -0.394 e. The fourth-order valence-electron chi connectivity index (χ4n) is 4.79. The van der Waals surface area contributed by atoms with Gasteiger partial charge in [0.2, 0.25) is 0 Å². The van der Waals surface area contributed by atoms with Crippen LogP contribution in [0.25, 0.3) is 11.0 Å². The Bertz CT molecular complexity index is 804. The van der Waals surface area contributed by atoms with Crippen LogP contribution >= 0.6 is 0 Å². The van der Waals surface area contributed by atoms with Crippen LogP contribution in [0.15, 0.2) is 18.2 Å². The molecule has 1 aliphatic rings. The first kappa shape index (κ1) is 21.8. The van der Waals surface area contributed by atoms with Gasteiger partial charge in [-0.1, -0.05) is 52.9 Å². The Labute approximate surface area is 174 Å². The highest BCUT2D eigenvalue weighted by Crippen LogP contribution is 2.32. The summed E-state index contributed by atoms with van der Waals surface area (Å²) in [6.07, 6.45) is 10.2. The van der Waals surface area contributed by atoms with E-state index >= 15 is 0 Å². The van der Waals surface area contributed by atoms with E-state index in [-0.39, 0.29) is 18.6 Å². The first-order valence-electron chi connectivity index (χ1n) is 11.5. The molecule has 2 aromatic rings. The number of hydrogen-bond acceptors (Lipinski definition) is 3. The summed E-state index contributed by atoms with van der Waals surface area (Å²) in [4.78, 5) is 17.7. The van der Waals surface area contributed by atoms with E-state index in [1.54, 1.807) is 0 Å². The molecule has 1 aliphatic carbocycles. The molecule has 1 fully saturated rings. The lowest BCUT2D eigenvalue weighted by Crippen LogP contribution is -2.37. The van der Waals surface area contributed by atoms with Gasteiger partial charge in [0.25, 0.3) is 5.91 Å². The molecule has 1 saturated carbocycles. The maximum absolute atomic E-state index is 12.7. The van der Waals surface area contributed by atoms with E-state index in [1.165, 1.54) is 31.5 Å². The summed E-state index contributed by atoms with van der Waals surface area (Å²) in [6.45, 7) is 6.50. The first-order chi connectivity index (χ1) is 14.1. The summed E-state index contributed by atoms with van der Waals surface area (Å²) in [5.41, 5.74) is 2.66. The number of carbonyl (C=O) groups is 1. The maximum Gasteiger partial charge on any atom is 0.251 e. The van der Waals surface area contributed by atoms with Crippen molar-refractivity contribution >= 4 is 16.9 Å². The number of aromatic nitrogens is 2. The van der Waals surface area contributed by atoms with Gasteiger partial charge in [0, 0.05) is 18.0 Å². The van der Waals surface area contributed by atoms with E-state index in [2.05, 4.69) is 36.7 Å². The van der Waals surface area contributed by atoms with Gasteiger partial charge in [-0.15, -0.1) is 0 Å². The summed E-state index contributed by atoms with van der Waals surface area (Å²) < 4.78 is 2.43. The zero-order valence-corrected chi connectivity index (χ0v) is 18.3. The van der Waals surface area contributed by atoms with Crippen molar-refractivity contribution in [2.45, 2.75) is 90.6 Å². The molecule has 1 atom stereocenters. The number of aliphatic hydroxyl groups excluding tert-OH is 1. The standard InChI is InChI=1S/C24H37N3O2/c1-4-9-19(16-28)25-24(29)18-12-13-22-21(15-18)26-23(14-17-10-7-8-11-17)27(22)20(5-2)6-3/h12-13,15,17,19-20,28H,4-11,14,16H2,1-3H3,(H,25,29). The molecule has 1 aromatic heterocycles. The van der Waals surface area contributed by atoms with Gasteiger partial charge in [0.05, 0.1) is 23.7 Å². The second-order valence-corrected chi connectivity index (χ2v) is 8.57. The number of carbonyl (C=O) groups excluding carboxylic acids is 1. The molecule has 1 heterocycles. The number of imidazole rings is 1. The van der Waals surface area contributed by atoms with Gasteiger partial charge in [-0.25, -0.2) is 4.98 Å². The number of amides is 1. The SMILES string of the molecule is CCCC(CO)NC(=O)c1ccc2c(c1)nc(CC1CCCC1)n2C(CC)CC. The van der Waals surface area contributed by atoms with Crippen molar-refractivity contribution in [2.24, 2.45) is 5.92 Å². The largest absolute Gasteiger partial charge is 0.394 e. The van der Waals surface area contributed by atoms with E-state index in [0.717, 1.165) is 49.1 Å². The Morgan fingerprint density at radius 3 is 2.59 bits per heavy atom. The first-order valence-corrected chi connectivity index (χ1v) is 11.5. The van der Waals surface area contributed by atoms with Gasteiger partial charge >= 0.3 is 0 Å². The number of nitrogens with zero attached hydrogens (tertiary/aromatic N) is 2. The van der Waals surface area contributed by atoms with Crippen LogP contribution in [0.2, 0.25) is 0 Å². The van der Waals surface area contributed by atoms with Crippen molar-refractivity contribution in [1.29, 1.82) is 0 Å². The molecule has 2 N–H and O–H groups in total. The molecule has 160 valence electrons. The van der Waals surface area contributed by atoms with Crippen molar-refractivity contribution in [3.8, 4) is 0 Å². The molecule has 1 aromatic carbocycles. The number of fused-ring (bicyclic) bond motifs is 1. The third-order valence-corrected chi connectivity index (χ3v) is 6.47. The molecule has 5 heteroatoms. The topological polar surface area (TPSA) is 67.2 Å². The third-order valence-electron chi connectivity index (χ3n) is 6.47. The zero-order chi connectivity index (χ0) is 20.8. The summed E-state index contributed by atoms with van der Waals surface area (Å²) in [6, 6.07) is 6.13. The van der Waals surface area contributed by atoms with Crippen molar-refractivity contribution in [3.05, 3.63) is 29.6 Å². The second-order valence-electron chi connectivity index (χ2n) is 8.57.